The molecule has 6 unspecified atom stereocenters. The molecule has 4 aromatic rings. The Morgan fingerprint density at radius 2 is 0.729 bits per heavy atom. The molecule has 4 aromatic carbocycles. The van der Waals surface area contributed by atoms with Crippen LogP contribution in [0, 0.1) is 24.7 Å². The van der Waals surface area contributed by atoms with Crippen LogP contribution in [0.1, 0.15) is 22.3 Å². The summed E-state index contributed by atoms with van der Waals surface area (Å²) < 4.78 is 71.5. The standard InChI is InChI=1S/C48H54O11/c1-5-27-51-41-39(33-49-3)57-47(45(55-31-37-23-15-9-16-24-37)43(41)53-29-35-19-11-7-12-20-35)59-48-46(56-32-38-25-17-10-18-26-38)44(54-30-36-21-13-8-14-22-36)42(52-28-6-2)40(58-48)34-50-4/h1-2,7-26,39-48H,27-34H2,3-4H3/t39?,40?,41-,42-,43?,44?,45?,46?,47-,48-/m1/s1. The summed E-state index contributed by atoms with van der Waals surface area (Å²) in [6, 6.07) is 39.4. The van der Waals surface area contributed by atoms with Crippen LogP contribution in [0.25, 0.3) is 0 Å². The first kappa shape index (κ1) is 44.1. The topological polar surface area (TPSA) is 102 Å². The van der Waals surface area contributed by atoms with Gasteiger partial charge >= 0.3 is 0 Å². The van der Waals surface area contributed by atoms with Gasteiger partial charge in [0, 0.05) is 14.2 Å². The van der Waals surface area contributed by atoms with Crippen LogP contribution in [0.2, 0.25) is 0 Å². The van der Waals surface area contributed by atoms with Crippen LogP contribution in [0.5, 0.6) is 0 Å². The molecule has 2 heterocycles. The molecule has 2 aliphatic heterocycles. The van der Waals surface area contributed by atoms with E-state index in [0.717, 1.165) is 22.3 Å². The number of benzene rings is 4. The summed E-state index contributed by atoms with van der Waals surface area (Å²) in [5, 5.41) is 0. The van der Waals surface area contributed by atoms with Gasteiger partial charge in [0.15, 0.2) is 12.6 Å². The third-order valence-corrected chi connectivity index (χ3v) is 9.97. The first-order chi connectivity index (χ1) is 29.1. The molecule has 2 fully saturated rings. The molecule has 0 aliphatic carbocycles. The zero-order valence-electron chi connectivity index (χ0n) is 33.6. The molecule has 11 heteroatoms. The number of ether oxygens (including phenoxy) is 11. The van der Waals surface area contributed by atoms with Crippen molar-refractivity contribution in [3.63, 3.8) is 0 Å². The Balaban J connectivity index is 1.38. The quantitative estimate of drug-likeness (QED) is 0.0859. The van der Waals surface area contributed by atoms with Gasteiger partial charge in [0.25, 0.3) is 0 Å². The molecule has 0 spiro atoms. The van der Waals surface area contributed by atoms with Crippen molar-refractivity contribution < 1.29 is 52.1 Å². The van der Waals surface area contributed by atoms with E-state index in [-0.39, 0.29) is 52.9 Å². The van der Waals surface area contributed by atoms with Crippen molar-refractivity contribution in [1.29, 1.82) is 0 Å². The summed E-state index contributed by atoms with van der Waals surface area (Å²) in [5.74, 6) is 5.17. The second kappa shape index (κ2) is 24.0. The van der Waals surface area contributed by atoms with E-state index < -0.39 is 61.4 Å². The lowest BCUT2D eigenvalue weighted by Gasteiger charge is -2.49. The van der Waals surface area contributed by atoms with Crippen molar-refractivity contribution in [1.82, 2.24) is 0 Å². The fourth-order valence-electron chi connectivity index (χ4n) is 7.19. The van der Waals surface area contributed by atoms with Crippen LogP contribution in [-0.2, 0) is 78.5 Å². The second-order valence-electron chi connectivity index (χ2n) is 14.1. The maximum atomic E-state index is 7.00. The molecule has 11 nitrogen and oxygen atoms in total. The normalized spacial score (nSPS) is 26.8. The van der Waals surface area contributed by atoms with E-state index in [9.17, 15) is 0 Å². The lowest BCUT2D eigenvalue weighted by atomic mass is 9.96. The van der Waals surface area contributed by atoms with Gasteiger partial charge < -0.3 is 52.1 Å². The van der Waals surface area contributed by atoms with Gasteiger partial charge in [-0.2, -0.15) is 0 Å². The smallest absolute Gasteiger partial charge is 0.190 e. The summed E-state index contributed by atoms with van der Waals surface area (Å²) in [5.41, 5.74) is 3.80. The summed E-state index contributed by atoms with van der Waals surface area (Å²) in [7, 11) is 3.18. The van der Waals surface area contributed by atoms with Gasteiger partial charge in [0.05, 0.1) is 39.6 Å². The van der Waals surface area contributed by atoms with Gasteiger partial charge in [-0.1, -0.05) is 133 Å². The largest absolute Gasteiger partial charge is 0.382 e. The summed E-state index contributed by atoms with van der Waals surface area (Å²) in [6.07, 6.45) is 3.25. The molecule has 59 heavy (non-hydrogen) atoms. The second-order valence-corrected chi connectivity index (χ2v) is 14.1. The van der Waals surface area contributed by atoms with Crippen LogP contribution >= 0.6 is 0 Å². The maximum absolute atomic E-state index is 7.00. The van der Waals surface area contributed by atoms with E-state index in [1.54, 1.807) is 14.2 Å². The van der Waals surface area contributed by atoms with Crippen molar-refractivity contribution in [2.75, 3.05) is 40.6 Å². The van der Waals surface area contributed by atoms with Crippen molar-refractivity contribution >= 4 is 0 Å². The van der Waals surface area contributed by atoms with Crippen LogP contribution in [0.4, 0.5) is 0 Å². The maximum Gasteiger partial charge on any atom is 0.190 e. The molecule has 6 rings (SSSR count). The van der Waals surface area contributed by atoms with Gasteiger partial charge in [-0.25, -0.2) is 0 Å². The molecule has 2 saturated heterocycles. The van der Waals surface area contributed by atoms with Crippen molar-refractivity contribution in [2.45, 2.75) is 87.8 Å². The fraction of sp³-hybridized carbons (Fsp3) is 0.417. The molecule has 0 bridgehead atoms. The molecular weight excluding hydrogens is 753 g/mol. The van der Waals surface area contributed by atoms with Crippen molar-refractivity contribution in [3.05, 3.63) is 144 Å². The van der Waals surface area contributed by atoms with E-state index in [1.165, 1.54) is 0 Å². The molecule has 0 radical (unpaired) electrons. The molecule has 0 amide bonds. The fourth-order valence-corrected chi connectivity index (χ4v) is 7.19. The highest BCUT2D eigenvalue weighted by Gasteiger charge is 2.54. The van der Waals surface area contributed by atoms with Gasteiger partial charge in [0.1, 0.15) is 62.0 Å². The van der Waals surface area contributed by atoms with E-state index in [2.05, 4.69) is 11.8 Å². The number of terminal acetylenes is 2. The van der Waals surface area contributed by atoms with Crippen LogP contribution in [0.15, 0.2) is 121 Å². The monoisotopic (exact) mass is 806 g/mol. The zero-order chi connectivity index (χ0) is 41.1. The third-order valence-electron chi connectivity index (χ3n) is 9.97. The highest BCUT2D eigenvalue weighted by Crippen LogP contribution is 2.36. The number of hydrogen-bond acceptors (Lipinski definition) is 11. The van der Waals surface area contributed by atoms with E-state index in [4.69, 9.17) is 65.0 Å². The Labute approximate surface area is 348 Å². The van der Waals surface area contributed by atoms with Crippen LogP contribution in [-0.4, -0.2) is 102 Å². The zero-order valence-corrected chi connectivity index (χ0v) is 33.6. The number of hydrogen-bond donors (Lipinski definition) is 0. The van der Waals surface area contributed by atoms with Gasteiger partial charge in [-0.15, -0.1) is 12.8 Å². The molecule has 0 aromatic heterocycles. The van der Waals surface area contributed by atoms with Crippen molar-refractivity contribution in [3.8, 4) is 24.7 Å². The van der Waals surface area contributed by atoms with Crippen LogP contribution in [0.3, 0.4) is 0 Å². The average molecular weight is 807 g/mol. The minimum Gasteiger partial charge on any atom is -0.382 e. The highest BCUT2D eigenvalue weighted by molar-refractivity contribution is 5.16. The van der Waals surface area contributed by atoms with Gasteiger partial charge in [-0.3, -0.25) is 0 Å². The Morgan fingerprint density at radius 1 is 0.424 bits per heavy atom. The predicted molar refractivity (Wildman–Crippen MR) is 219 cm³/mol. The van der Waals surface area contributed by atoms with E-state index in [0.29, 0.717) is 0 Å². The molecular formula is C48H54O11. The number of rotatable bonds is 22. The molecule has 312 valence electrons. The first-order valence-electron chi connectivity index (χ1n) is 19.8. The lowest BCUT2D eigenvalue weighted by molar-refractivity contribution is -0.392. The minimum absolute atomic E-state index is 0.00960. The summed E-state index contributed by atoms with van der Waals surface area (Å²) >= 11 is 0. The van der Waals surface area contributed by atoms with E-state index in [1.807, 2.05) is 121 Å². The molecule has 2 aliphatic rings. The Morgan fingerprint density at radius 3 is 1.02 bits per heavy atom. The first-order valence-corrected chi connectivity index (χ1v) is 19.8. The SMILES string of the molecule is C#CCO[C@@H]1C(COC)O[C@H](O[C@H]2OC(COC)[C@@H](OCC#C)C(OCc3ccccc3)C2OCc2ccccc2)C(OCc2ccccc2)C1OCc1ccccc1. The Hall–Kier alpha value is -4.44. The van der Waals surface area contributed by atoms with Gasteiger partial charge in [0.2, 0.25) is 0 Å². The Kier molecular flexibility index (Phi) is 17.9. The predicted octanol–water partition coefficient (Wildman–Crippen LogP) is 6.12. The lowest BCUT2D eigenvalue weighted by Crippen LogP contribution is -2.66. The number of methoxy groups -OCH3 is 2. The van der Waals surface area contributed by atoms with Gasteiger partial charge in [-0.05, 0) is 22.3 Å². The summed E-state index contributed by atoms with van der Waals surface area (Å²) in [4.78, 5) is 0. The Bertz CT molecular complexity index is 1700. The minimum atomic E-state index is -1.10. The summed E-state index contributed by atoms with van der Waals surface area (Å²) in [6.45, 7) is 1.24. The van der Waals surface area contributed by atoms with Crippen LogP contribution < -0.4 is 0 Å². The molecule has 0 saturated carbocycles. The average Bonchev–Trinajstić information content (AvgIpc) is 3.27. The molecule has 0 N–H and O–H groups in total. The highest BCUT2D eigenvalue weighted by atomic mass is 16.8. The third kappa shape index (κ3) is 12.8. The van der Waals surface area contributed by atoms with E-state index >= 15 is 0 Å². The molecule has 10 atom stereocenters. The van der Waals surface area contributed by atoms with Crippen molar-refractivity contribution in [2.24, 2.45) is 0 Å².